The first-order valence-corrected chi connectivity index (χ1v) is 10.7. The predicted molar refractivity (Wildman–Crippen MR) is 120 cm³/mol. The summed E-state index contributed by atoms with van der Waals surface area (Å²) in [6, 6.07) is 20.8. The summed E-state index contributed by atoms with van der Waals surface area (Å²) in [7, 11) is -2.14. The number of anilines is 2. The van der Waals surface area contributed by atoms with Crippen molar-refractivity contribution in [1.29, 1.82) is 0 Å². The van der Waals surface area contributed by atoms with Crippen LogP contribution in [0.5, 0.6) is 5.75 Å². The number of carbonyl (C=O) groups is 1. The molecular weight excluding hydrogens is 400 g/mol. The number of methoxy groups -OCH3 is 1. The molecule has 6 nitrogen and oxygen atoms in total. The maximum absolute atomic E-state index is 12.5. The van der Waals surface area contributed by atoms with E-state index < -0.39 is 10.0 Å². The number of sulfonamides is 1. The number of hydrogen-bond acceptors (Lipinski definition) is 4. The zero-order chi connectivity index (χ0) is 21.6. The van der Waals surface area contributed by atoms with Crippen LogP contribution in [0.15, 0.2) is 78.2 Å². The third-order valence-corrected chi connectivity index (χ3v) is 5.26. The molecule has 0 aliphatic carbocycles. The van der Waals surface area contributed by atoms with Gasteiger partial charge in [-0.15, -0.1) is 0 Å². The second kappa shape index (κ2) is 9.28. The van der Waals surface area contributed by atoms with Gasteiger partial charge in [0.25, 0.3) is 15.9 Å². The van der Waals surface area contributed by atoms with Crippen molar-refractivity contribution < 1.29 is 17.9 Å². The number of benzene rings is 3. The van der Waals surface area contributed by atoms with Crippen LogP contribution in [-0.4, -0.2) is 21.4 Å². The Morgan fingerprint density at radius 3 is 2.33 bits per heavy atom. The van der Waals surface area contributed by atoms with Gasteiger partial charge in [0.1, 0.15) is 5.75 Å². The molecule has 7 heteroatoms. The fourth-order valence-corrected chi connectivity index (χ4v) is 3.60. The average Bonchev–Trinajstić information content (AvgIpc) is 2.73. The molecule has 0 bridgehead atoms. The van der Waals surface area contributed by atoms with Crippen LogP contribution in [0, 0.1) is 6.92 Å². The van der Waals surface area contributed by atoms with Crippen molar-refractivity contribution in [3.05, 3.63) is 94.9 Å². The lowest BCUT2D eigenvalue weighted by Gasteiger charge is -2.11. The standard InChI is InChI=1S/C23H22N2O4S/c1-17-8-13-22(29-2)21(16-17)24-23(26)19-9-11-20(12-10-19)25-30(27,28)15-14-18-6-4-3-5-7-18/h3-16,25H,1-2H3,(H,24,26)/b15-14+. The van der Waals surface area contributed by atoms with Crippen molar-refractivity contribution in [2.45, 2.75) is 6.92 Å². The van der Waals surface area contributed by atoms with Gasteiger partial charge in [0.15, 0.2) is 0 Å². The molecule has 0 saturated carbocycles. The first-order chi connectivity index (χ1) is 14.4. The van der Waals surface area contributed by atoms with Gasteiger partial charge in [-0.2, -0.15) is 0 Å². The van der Waals surface area contributed by atoms with Crippen LogP contribution in [-0.2, 0) is 10.0 Å². The molecule has 0 fully saturated rings. The van der Waals surface area contributed by atoms with Gasteiger partial charge in [-0.25, -0.2) is 8.42 Å². The van der Waals surface area contributed by atoms with Crippen molar-refractivity contribution in [3.8, 4) is 5.75 Å². The number of nitrogens with one attached hydrogen (secondary N) is 2. The highest BCUT2D eigenvalue weighted by atomic mass is 32.2. The molecule has 3 aromatic carbocycles. The minimum Gasteiger partial charge on any atom is -0.495 e. The maximum Gasteiger partial charge on any atom is 0.255 e. The Morgan fingerprint density at radius 2 is 1.67 bits per heavy atom. The minimum absolute atomic E-state index is 0.322. The van der Waals surface area contributed by atoms with E-state index in [-0.39, 0.29) is 5.91 Å². The van der Waals surface area contributed by atoms with E-state index in [1.54, 1.807) is 18.2 Å². The van der Waals surface area contributed by atoms with Gasteiger partial charge < -0.3 is 10.1 Å². The van der Waals surface area contributed by atoms with Gasteiger partial charge >= 0.3 is 0 Å². The van der Waals surface area contributed by atoms with Gasteiger partial charge in [0, 0.05) is 11.3 Å². The molecule has 0 aliphatic rings. The summed E-state index contributed by atoms with van der Waals surface area (Å²) in [5.41, 5.74) is 3.08. The molecule has 0 heterocycles. The van der Waals surface area contributed by atoms with Crippen LogP contribution in [0.3, 0.4) is 0 Å². The van der Waals surface area contributed by atoms with Crippen LogP contribution >= 0.6 is 0 Å². The van der Waals surface area contributed by atoms with Gasteiger partial charge in [0.05, 0.1) is 18.2 Å². The molecule has 2 N–H and O–H groups in total. The normalized spacial score (nSPS) is 11.3. The highest BCUT2D eigenvalue weighted by molar-refractivity contribution is 7.95. The van der Waals surface area contributed by atoms with E-state index in [2.05, 4.69) is 10.0 Å². The second-order valence-electron chi connectivity index (χ2n) is 6.60. The fourth-order valence-electron chi connectivity index (χ4n) is 2.73. The molecule has 0 aliphatic heterocycles. The van der Waals surface area contributed by atoms with E-state index in [0.29, 0.717) is 22.7 Å². The van der Waals surface area contributed by atoms with Crippen molar-refractivity contribution in [2.75, 3.05) is 17.1 Å². The van der Waals surface area contributed by atoms with Crippen molar-refractivity contribution in [2.24, 2.45) is 0 Å². The lowest BCUT2D eigenvalue weighted by Crippen LogP contribution is -2.13. The monoisotopic (exact) mass is 422 g/mol. The Hall–Kier alpha value is -3.58. The van der Waals surface area contributed by atoms with Crippen molar-refractivity contribution in [1.82, 2.24) is 0 Å². The van der Waals surface area contributed by atoms with Crippen LogP contribution < -0.4 is 14.8 Å². The number of aryl methyl sites for hydroxylation is 1. The summed E-state index contributed by atoms with van der Waals surface area (Å²) in [5, 5.41) is 3.92. The molecule has 0 aromatic heterocycles. The SMILES string of the molecule is COc1ccc(C)cc1NC(=O)c1ccc(NS(=O)(=O)/C=C/c2ccccc2)cc1. The molecular formula is C23H22N2O4S. The van der Waals surface area contributed by atoms with Gasteiger partial charge in [-0.1, -0.05) is 36.4 Å². The van der Waals surface area contributed by atoms with Gasteiger partial charge in [-0.05, 0) is 60.5 Å². The summed E-state index contributed by atoms with van der Waals surface area (Å²) < 4.78 is 32.2. The fraction of sp³-hybridized carbons (Fsp3) is 0.0870. The summed E-state index contributed by atoms with van der Waals surface area (Å²) in [6.07, 6.45) is 1.51. The first kappa shape index (κ1) is 21.1. The summed E-state index contributed by atoms with van der Waals surface area (Å²) in [4.78, 5) is 12.5. The third-order valence-electron chi connectivity index (χ3n) is 4.25. The summed E-state index contributed by atoms with van der Waals surface area (Å²) in [5.74, 6) is 0.237. The first-order valence-electron chi connectivity index (χ1n) is 9.18. The molecule has 30 heavy (non-hydrogen) atoms. The lowest BCUT2D eigenvalue weighted by atomic mass is 10.1. The Labute approximate surface area is 176 Å². The Balaban J connectivity index is 1.68. The minimum atomic E-state index is -3.68. The molecule has 3 rings (SSSR count). The van der Waals surface area contributed by atoms with E-state index >= 15 is 0 Å². The topological polar surface area (TPSA) is 84.5 Å². The number of amides is 1. The summed E-state index contributed by atoms with van der Waals surface area (Å²) >= 11 is 0. The second-order valence-corrected chi connectivity index (χ2v) is 8.16. The Morgan fingerprint density at radius 1 is 0.967 bits per heavy atom. The Kier molecular flexibility index (Phi) is 6.54. The summed E-state index contributed by atoms with van der Waals surface area (Å²) in [6.45, 7) is 1.92. The van der Waals surface area contributed by atoms with Crippen LogP contribution in [0.2, 0.25) is 0 Å². The van der Waals surface area contributed by atoms with Crippen molar-refractivity contribution >= 4 is 33.4 Å². The van der Waals surface area contributed by atoms with Gasteiger partial charge in [0.2, 0.25) is 0 Å². The third kappa shape index (κ3) is 5.71. The molecule has 3 aromatic rings. The van der Waals surface area contributed by atoms with Gasteiger partial charge in [-0.3, -0.25) is 9.52 Å². The van der Waals surface area contributed by atoms with Crippen molar-refractivity contribution in [3.63, 3.8) is 0 Å². The molecule has 0 radical (unpaired) electrons. The van der Waals surface area contributed by atoms with E-state index in [1.165, 1.54) is 25.3 Å². The van der Waals surface area contributed by atoms with E-state index in [4.69, 9.17) is 4.74 Å². The molecule has 0 saturated heterocycles. The zero-order valence-corrected chi connectivity index (χ0v) is 17.4. The number of carbonyl (C=O) groups excluding carboxylic acids is 1. The molecule has 0 unspecified atom stereocenters. The largest absolute Gasteiger partial charge is 0.495 e. The number of ether oxygens (including phenoxy) is 1. The highest BCUT2D eigenvalue weighted by Gasteiger charge is 2.11. The van der Waals surface area contributed by atoms with Crippen LogP contribution in [0.1, 0.15) is 21.5 Å². The molecule has 0 atom stereocenters. The number of hydrogen-bond donors (Lipinski definition) is 2. The van der Waals surface area contributed by atoms with E-state index in [1.807, 2.05) is 49.4 Å². The molecule has 1 amide bonds. The van der Waals surface area contributed by atoms with Crippen LogP contribution in [0.25, 0.3) is 6.08 Å². The lowest BCUT2D eigenvalue weighted by molar-refractivity contribution is 0.102. The Bertz CT molecular complexity index is 1160. The molecule has 154 valence electrons. The highest BCUT2D eigenvalue weighted by Crippen LogP contribution is 2.26. The smallest absolute Gasteiger partial charge is 0.255 e. The zero-order valence-electron chi connectivity index (χ0n) is 16.6. The predicted octanol–water partition coefficient (Wildman–Crippen LogP) is 4.67. The number of rotatable bonds is 7. The molecule has 0 spiro atoms. The van der Waals surface area contributed by atoms with Crippen LogP contribution in [0.4, 0.5) is 11.4 Å². The average molecular weight is 423 g/mol. The maximum atomic E-state index is 12.5. The quantitative estimate of drug-likeness (QED) is 0.580. The van der Waals surface area contributed by atoms with E-state index in [0.717, 1.165) is 16.5 Å². The van der Waals surface area contributed by atoms with E-state index in [9.17, 15) is 13.2 Å².